The van der Waals surface area contributed by atoms with E-state index in [0.29, 0.717) is 25.8 Å². The Hall–Kier alpha value is -3.08. The molecule has 0 saturated heterocycles. The van der Waals surface area contributed by atoms with Crippen LogP contribution in [0, 0.1) is 0 Å². The number of benzene rings is 1. The summed E-state index contributed by atoms with van der Waals surface area (Å²) in [5, 5.41) is 0. The first-order valence-electron chi connectivity index (χ1n) is 11.8. The highest BCUT2D eigenvalue weighted by atomic mass is 19.4. The van der Waals surface area contributed by atoms with Gasteiger partial charge in [0.05, 0.1) is 12.1 Å². The van der Waals surface area contributed by atoms with Gasteiger partial charge in [-0.2, -0.15) is 13.2 Å². The number of anilines is 2. The number of rotatable bonds is 9. The van der Waals surface area contributed by atoms with E-state index >= 15 is 0 Å². The van der Waals surface area contributed by atoms with Gasteiger partial charge in [-0.15, -0.1) is 0 Å². The highest BCUT2D eigenvalue weighted by Gasteiger charge is 2.35. The predicted molar refractivity (Wildman–Crippen MR) is 128 cm³/mol. The van der Waals surface area contributed by atoms with Gasteiger partial charge in [-0.05, 0) is 37.9 Å². The van der Waals surface area contributed by atoms with Crippen LogP contribution in [-0.2, 0) is 24.1 Å². The van der Waals surface area contributed by atoms with Crippen LogP contribution in [0.25, 0.3) is 0 Å². The average molecular weight is 496 g/mol. The van der Waals surface area contributed by atoms with E-state index in [1.165, 1.54) is 32.6 Å². The zero-order chi connectivity index (χ0) is 25.8. The molecular formula is C24H32F3N5O3. The Kier molecular flexibility index (Phi) is 8.42. The second-order valence-corrected chi connectivity index (χ2v) is 9.03. The quantitative estimate of drug-likeness (QED) is 0.555. The lowest BCUT2D eigenvalue weighted by Gasteiger charge is -2.31. The molecule has 0 bridgehead atoms. The minimum atomic E-state index is -4.51. The summed E-state index contributed by atoms with van der Waals surface area (Å²) in [5.41, 5.74) is 4.11. The molecule has 1 heterocycles. The van der Waals surface area contributed by atoms with Crippen molar-refractivity contribution in [3.05, 3.63) is 56.2 Å². The topological polar surface area (TPSA) is 104 Å². The standard InChI is InChI=1S/C24H32F3N5O3/c1-3-4-13-31-21(28)20(22(34)29-23(31)35)32(17-10-6-7-11-17)19(33)15-30(2)14-16-9-5-8-12-18(16)24(25,26)27/h5,8-9,12,17H,3-4,6-7,10-11,13-15,28H2,1-2H3,(H,29,34,35). The number of halogens is 3. The molecule has 1 aliphatic carbocycles. The minimum Gasteiger partial charge on any atom is -0.383 e. The number of aromatic amines is 1. The van der Waals surface area contributed by atoms with Crippen LogP contribution in [0.15, 0.2) is 33.9 Å². The van der Waals surface area contributed by atoms with Gasteiger partial charge in [0.25, 0.3) is 5.56 Å². The third kappa shape index (κ3) is 6.14. The predicted octanol–water partition coefficient (Wildman–Crippen LogP) is 3.35. The zero-order valence-electron chi connectivity index (χ0n) is 20.0. The monoisotopic (exact) mass is 495 g/mol. The summed E-state index contributed by atoms with van der Waals surface area (Å²) in [6.07, 6.45) is 0.0289. The van der Waals surface area contributed by atoms with E-state index in [0.717, 1.165) is 25.3 Å². The molecular weight excluding hydrogens is 463 g/mol. The largest absolute Gasteiger partial charge is 0.416 e. The Morgan fingerprint density at radius 1 is 1.20 bits per heavy atom. The molecule has 1 aromatic carbocycles. The first-order valence-corrected chi connectivity index (χ1v) is 11.8. The fourth-order valence-electron chi connectivity index (χ4n) is 4.61. The number of likely N-dealkylation sites (N-methyl/N-ethyl adjacent to an activating group) is 1. The lowest BCUT2D eigenvalue weighted by molar-refractivity contribution is -0.138. The number of nitrogens with zero attached hydrogens (tertiary/aromatic N) is 3. The van der Waals surface area contributed by atoms with Crippen LogP contribution in [0.1, 0.15) is 56.6 Å². The summed E-state index contributed by atoms with van der Waals surface area (Å²) in [7, 11) is 1.55. The van der Waals surface area contributed by atoms with Crippen molar-refractivity contribution < 1.29 is 18.0 Å². The summed E-state index contributed by atoms with van der Waals surface area (Å²) in [4.78, 5) is 43.8. The number of nitrogens with one attached hydrogen (secondary N) is 1. The van der Waals surface area contributed by atoms with Crippen LogP contribution in [0.4, 0.5) is 24.7 Å². The number of H-pyrrole nitrogens is 1. The van der Waals surface area contributed by atoms with E-state index in [9.17, 15) is 27.6 Å². The summed E-state index contributed by atoms with van der Waals surface area (Å²) < 4.78 is 41.4. The minimum absolute atomic E-state index is 0.0493. The number of hydrogen-bond acceptors (Lipinski definition) is 5. The Morgan fingerprint density at radius 3 is 2.49 bits per heavy atom. The normalized spacial score (nSPS) is 14.6. The molecule has 2 aromatic rings. The number of nitrogens with two attached hydrogens (primary N) is 1. The van der Waals surface area contributed by atoms with Gasteiger partial charge in [-0.1, -0.05) is 44.4 Å². The zero-order valence-corrected chi connectivity index (χ0v) is 20.0. The summed E-state index contributed by atoms with van der Waals surface area (Å²) in [6.45, 7) is 1.91. The van der Waals surface area contributed by atoms with Crippen LogP contribution < -0.4 is 21.9 Å². The molecule has 0 aliphatic heterocycles. The number of nitrogen functional groups attached to an aromatic ring is 1. The third-order valence-corrected chi connectivity index (χ3v) is 6.32. The molecule has 0 unspecified atom stereocenters. The summed E-state index contributed by atoms with van der Waals surface area (Å²) in [6, 6.07) is 4.95. The van der Waals surface area contributed by atoms with Gasteiger partial charge < -0.3 is 10.6 Å². The smallest absolute Gasteiger partial charge is 0.383 e. The Morgan fingerprint density at radius 2 is 1.86 bits per heavy atom. The lowest BCUT2D eigenvalue weighted by Crippen LogP contribution is -2.48. The maximum atomic E-state index is 13.5. The van der Waals surface area contributed by atoms with Crippen LogP contribution in [-0.4, -0.2) is 40.0 Å². The van der Waals surface area contributed by atoms with Crippen LogP contribution in [0.3, 0.4) is 0 Å². The summed E-state index contributed by atoms with van der Waals surface area (Å²) >= 11 is 0. The van der Waals surface area contributed by atoms with Gasteiger partial charge in [0.15, 0.2) is 5.69 Å². The molecule has 8 nitrogen and oxygen atoms in total. The summed E-state index contributed by atoms with van der Waals surface area (Å²) in [5.74, 6) is -0.528. The average Bonchev–Trinajstić information content (AvgIpc) is 3.30. The van der Waals surface area contributed by atoms with Crippen LogP contribution in [0.5, 0.6) is 0 Å². The number of carbonyl (C=O) groups excluding carboxylic acids is 1. The molecule has 192 valence electrons. The number of carbonyl (C=O) groups is 1. The first-order chi connectivity index (χ1) is 16.5. The first kappa shape index (κ1) is 26.5. The third-order valence-electron chi connectivity index (χ3n) is 6.32. The Labute approximate surface area is 201 Å². The molecule has 1 amide bonds. The second-order valence-electron chi connectivity index (χ2n) is 9.03. The van der Waals surface area contributed by atoms with Crippen molar-refractivity contribution in [2.24, 2.45) is 0 Å². The fraction of sp³-hybridized carbons (Fsp3) is 0.542. The van der Waals surface area contributed by atoms with E-state index < -0.39 is 28.9 Å². The van der Waals surface area contributed by atoms with Gasteiger partial charge in [0, 0.05) is 19.1 Å². The molecule has 1 fully saturated rings. The van der Waals surface area contributed by atoms with Gasteiger partial charge in [-0.3, -0.25) is 24.0 Å². The van der Waals surface area contributed by atoms with Gasteiger partial charge >= 0.3 is 11.9 Å². The number of aromatic nitrogens is 2. The van der Waals surface area contributed by atoms with Gasteiger partial charge in [0.1, 0.15) is 5.82 Å². The highest BCUT2D eigenvalue weighted by molar-refractivity contribution is 5.97. The number of unbranched alkanes of at least 4 members (excludes halogenated alkanes) is 1. The molecule has 0 radical (unpaired) electrons. The molecule has 11 heteroatoms. The molecule has 3 N–H and O–H groups in total. The number of alkyl halides is 3. The van der Waals surface area contributed by atoms with E-state index in [-0.39, 0.29) is 36.2 Å². The molecule has 1 aromatic heterocycles. The highest BCUT2D eigenvalue weighted by Crippen LogP contribution is 2.33. The van der Waals surface area contributed by atoms with Crippen molar-refractivity contribution in [2.75, 3.05) is 24.2 Å². The van der Waals surface area contributed by atoms with Gasteiger partial charge in [-0.25, -0.2) is 4.79 Å². The Bertz CT molecular complexity index is 1150. The second kappa shape index (κ2) is 11.1. The molecule has 35 heavy (non-hydrogen) atoms. The van der Waals surface area contributed by atoms with E-state index in [1.807, 2.05) is 6.92 Å². The number of hydrogen-bond donors (Lipinski definition) is 2. The molecule has 0 atom stereocenters. The van der Waals surface area contributed by atoms with Crippen molar-refractivity contribution in [3.63, 3.8) is 0 Å². The lowest BCUT2D eigenvalue weighted by atomic mass is 10.1. The SMILES string of the molecule is CCCCn1c(N)c(N(C(=O)CN(C)Cc2ccccc2C(F)(F)F)C2CCCC2)c(=O)[nH]c1=O. The van der Waals surface area contributed by atoms with E-state index in [4.69, 9.17) is 5.73 Å². The van der Waals surface area contributed by atoms with Crippen LogP contribution >= 0.6 is 0 Å². The molecule has 0 spiro atoms. The molecule has 3 rings (SSSR count). The number of amides is 1. The van der Waals surface area contributed by atoms with E-state index in [2.05, 4.69) is 4.98 Å². The maximum absolute atomic E-state index is 13.5. The van der Waals surface area contributed by atoms with Crippen LogP contribution in [0.2, 0.25) is 0 Å². The van der Waals surface area contributed by atoms with Crippen molar-refractivity contribution in [1.82, 2.24) is 14.5 Å². The van der Waals surface area contributed by atoms with Crippen molar-refractivity contribution in [1.29, 1.82) is 0 Å². The Balaban J connectivity index is 1.92. The van der Waals surface area contributed by atoms with E-state index in [1.54, 1.807) is 7.05 Å². The maximum Gasteiger partial charge on any atom is 0.416 e. The fourth-order valence-corrected chi connectivity index (χ4v) is 4.61. The van der Waals surface area contributed by atoms with Gasteiger partial charge in [0.2, 0.25) is 5.91 Å². The molecule has 1 aliphatic rings. The van der Waals surface area contributed by atoms with Crippen molar-refractivity contribution >= 4 is 17.4 Å². The van der Waals surface area contributed by atoms with Crippen molar-refractivity contribution in [3.8, 4) is 0 Å². The molecule has 1 saturated carbocycles. The van der Waals surface area contributed by atoms with Crippen molar-refractivity contribution in [2.45, 2.75) is 70.8 Å².